The zero-order valence-corrected chi connectivity index (χ0v) is 13.1. The normalized spacial score (nSPS) is 14.6. The van der Waals surface area contributed by atoms with E-state index in [9.17, 15) is 4.79 Å². The number of rotatable bonds is 8. The van der Waals surface area contributed by atoms with Crippen LogP contribution in [0.25, 0.3) is 0 Å². The van der Waals surface area contributed by atoms with Gasteiger partial charge in [0.2, 0.25) is 5.91 Å². The van der Waals surface area contributed by atoms with Gasteiger partial charge in [0.1, 0.15) is 0 Å². The van der Waals surface area contributed by atoms with Gasteiger partial charge in [-0.15, -0.1) is 0 Å². The zero-order chi connectivity index (χ0) is 14.5. The van der Waals surface area contributed by atoms with Gasteiger partial charge >= 0.3 is 0 Å². The zero-order valence-electron chi connectivity index (χ0n) is 13.1. The van der Waals surface area contributed by atoms with Crippen LogP contribution in [-0.4, -0.2) is 29.0 Å². The Balaban J connectivity index is 4.77. The van der Waals surface area contributed by atoms with E-state index in [4.69, 9.17) is 5.73 Å². The second-order valence-electron chi connectivity index (χ2n) is 6.61. The number of hydrogen-bond donors (Lipinski definition) is 2. The van der Waals surface area contributed by atoms with Crippen molar-refractivity contribution >= 4 is 5.91 Å². The van der Waals surface area contributed by atoms with Gasteiger partial charge in [0.05, 0.1) is 0 Å². The Bertz CT molecular complexity index is 252. The molecule has 1 atom stereocenters. The van der Waals surface area contributed by atoms with Crippen molar-refractivity contribution < 1.29 is 4.79 Å². The van der Waals surface area contributed by atoms with Gasteiger partial charge in [0, 0.05) is 24.0 Å². The van der Waals surface area contributed by atoms with Crippen molar-refractivity contribution in [1.82, 2.24) is 10.4 Å². The van der Waals surface area contributed by atoms with Gasteiger partial charge < -0.3 is 5.73 Å². The lowest BCUT2D eigenvalue weighted by Gasteiger charge is -2.42. The van der Waals surface area contributed by atoms with Crippen LogP contribution in [0.4, 0.5) is 0 Å². The minimum absolute atomic E-state index is 0.0943. The lowest BCUT2D eigenvalue weighted by molar-refractivity contribution is -0.122. The van der Waals surface area contributed by atoms with Crippen molar-refractivity contribution in [3.8, 4) is 0 Å². The molecule has 0 aromatic heterocycles. The number of nitrogens with one attached hydrogen (secondary N) is 1. The molecule has 18 heavy (non-hydrogen) atoms. The summed E-state index contributed by atoms with van der Waals surface area (Å²) in [6.07, 6.45) is 0.759. The lowest BCUT2D eigenvalue weighted by atomic mass is 9.90. The van der Waals surface area contributed by atoms with Gasteiger partial charge in [-0.2, -0.15) is 0 Å². The highest BCUT2D eigenvalue weighted by atomic mass is 16.1. The summed E-state index contributed by atoms with van der Waals surface area (Å²) in [4.78, 5) is 11.2. The van der Waals surface area contributed by atoms with E-state index in [0.29, 0.717) is 12.0 Å². The number of carbonyl (C=O) groups excluding carboxylic acids is 1. The summed E-state index contributed by atoms with van der Waals surface area (Å²) < 4.78 is 0. The van der Waals surface area contributed by atoms with Crippen LogP contribution in [0.1, 0.15) is 54.9 Å². The van der Waals surface area contributed by atoms with Crippen LogP contribution in [-0.2, 0) is 4.79 Å². The third-order valence-corrected chi connectivity index (χ3v) is 2.98. The molecule has 0 rings (SSSR count). The van der Waals surface area contributed by atoms with E-state index in [0.717, 1.165) is 13.0 Å². The first kappa shape index (κ1) is 17.4. The third-order valence-electron chi connectivity index (χ3n) is 2.98. The Labute approximate surface area is 112 Å². The van der Waals surface area contributed by atoms with Gasteiger partial charge in [-0.05, 0) is 40.0 Å². The van der Waals surface area contributed by atoms with Crippen molar-refractivity contribution in [3.05, 3.63) is 0 Å². The van der Waals surface area contributed by atoms with E-state index in [1.165, 1.54) is 0 Å². The molecule has 1 amide bonds. The summed E-state index contributed by atoms with van der Waals surface area (Å²) in [5, 5.41) is 2.25. The Morgan fingerprint density at radius 2 is 1.72 bits per heavy atom. The van der Waals surface area contributed by atoms with Crippen molar-refractivity contribution in [2.24, 2.45) is 17.6 Å². The van der Waals surface area contributed by atoms with Gasteiger partial charge in [0.25, 0.3) is 0 Å². The molecule has 0 aromatic rings. The fourth-order valence-electron chi connectivity index (χ4n) is 2.11. The fourth-order valence-corrected chi connectivity index (χ4v) is 2.11. The molecule has 0 aromatic carbocycles. The van der Waals surface area contributed by atoms with Crippen molar-refractivity contribution in [2.75, 3.05) is 6.54 Å². The highest BCUT2D eigenvalue weighted by Gasteiger charge is 2.31. The molecule has 0 aliphatic carbocycles. The van der Waals surface area contributed by atoms with Crippen LogP contribution in [0.3, 0.4) is 0 Å². The first-order chi connectivity index (χ1) is 8.06. The average molecular weight is 257 g/mol. The maximum atomic E-state index is 11.2. The van der Waals surface area contributed by atoms with E-state index >= 15 is 0 Å². The molecule has 108 valence electrons. The first-order valence-corrected chi connectivity index (χ1v) is 6.89. The molecule has 0 heterocycles. The van der Waals surface area contributed by atoms with Gasteiger partial charge in [-0.1, -0.05) is 20.8 Å². The van der Waals surface area contributed by atoms with Crippen molar-refractivity contribution in [3.63, 3.8) is 0 Å². The summed E-state index contributed by atoms with van der Waals surface area (Å²) in [5.41, 5.74) is 8.75. The Morgan fingerprint density at radius 3 is 2.06 bits per heavy atom. The quantitative estimate of drug-likeness (QED) is 0.655. The Morgan fingerprint density at radius 1 is 1.22 bits per heavy atom. The molecule has 0 saturated carbocycles. The number of hydrogen-bond acceptors (Lipinski definition) is 3. The summed E-state index contributed by atoms with van der Waals surface area (Å²) in [6, 6.07) is 0.381. The summed E-state index contributed by atoms with van der Waals surface area (Å²) in [5.74, 6) is 0.236. The predicted octanol–water partition coefficient (Wildman–Crippen LogP) is 2.15. The number of amides is 1. The highest BCUT2D eigenvalue weighted by Crippen LogP contribution is 2.23. The smallest absolute Gasteiger partial charge is 0.220 e. The molecular weight excluding hydrogens is 226 g/mol. The van der Waals surface area contributed by atoms with E-state index < -0.39 is 0 Å². The molecule has 0 aliphatic rings. The molecular formula is C14H31N3O. The Kier molecular flexibility index (Phi) is 6.86. The van der Waals surface area contributed by atoms with E-state index in [-0.39, 0.29) is 17.4 Å². The molecule has 4 heteroatoms. The largest absolute Gasteiger partial charge is 0.369 e. The third kappa shape index (κ3) is 6.36. The molecule has 0 radical (unpaired) electrons. The monoisotopic (exact) mass is 257 g/mol. The van der Waals surface area contributed by atoms with Crippen molar-refractivity contribution in [1.29, 1.82) is 0 Å². The first-order valence-electron chi connectivity index (χ1n) is 6.89. The summed E-state index contributed by atoms with van der Waals surface area (Å²) >= 11 is 0. The van der Waals surface area contributed by atoms with Crippen LogP contribution < -0.4 is 11.2 Å². The fraction of sp³-hybridized carbons (Fsp3) is 0.929. The van der Waals surface area contributed by atoms with E-state index in [2.05, 4.69) is 52.0 Å². The van der Waals surface area contributed by atoms with Crippen LogP contribution in [0, 0.1) is 11.8 Å². The number of hydrazine groups is 1. The minimum atomic E-state index is -0.225. The molecule has 1 unspecified atom stereocenters. The topological polar surface area (TPSA) is 58.4 Å². The van der Waals surface area contributed by atoms with Gasteiger partial charge in [0.15, 0.2) is 0 Å². The van der Waals surface area contributed by atoms with Crippen LogP contribution >= 0.6 is 0 Å². The molecule has 0 spiro atoms. The molecule has 0 aliphatic heterocycles. The SMILES string of the molecule is CC(C)CN(NC(C)C)C(C)(C)CC(C)C(N)=O. The molecule has 3 N–H and O–H groups in total. The second-order valence-corrected chi connectivity index (χ2v) is 6.61. The summed E-state index contributed by atoms with van der Waals surface area (Å²) in [7, 11) is 0. The maximum Gasteiger partial charge on any atom is 0.220 e. The number of nitrogens with zero attached hydrogens (tertiary/aromatic N) is 1. The maximum absolute atomic E-state index is 11.2. The standard InChI is InChI=1S/C14H31N3O/c1-10(2)9-17(16-11(3)4)14(6,7)8-12(5)13(15)18/h10-12,16H,8-9H2,1-7H3,(H2,15,18). The highest BCUT2D eigenvalue weighted by molar-refractivity contribution is 5.76. The number of primary amides is 1. The van der Waals surface area contributed by atoms with Crippen molar-refractivity contribution in [2.45, 2.75) is 66.5 Å². The molecule has 0 saturated heterocycles. The van der Waals surface area contributed by atoms with Crippen LogP contribution in [0.15, 0.2) is 0 Å². The van der Waals surface area contributed by atoms with Crippen LogP contribution in [0.5, 0.6) is 0 Å². The van der Waals surface area contributed by atoms with Gasteiger partial charge in [-0.25, -0.2) is 5.01 Å². The molecule has 0 fully saturated rings. The summed E-state index contributed by atoms with van der Waals surface area (Å²) in [6.45, 7) is 15.8. The van der Waals surface area contributed by atoms with E-state index in [1.54, 1.807) is 0 Å². The lowest BCUT2D eigenvalue weighted by Crippen LogP contribution is -2.56. The van der Waals surface area contributed by atoms with E-state index in [1.807, 2.05) is 6.92 Å². The minimum Gasteiger partial charge on any atom is -0.369 e. The predicted molar refractivity (Wildman–Crippen MR) is 76.9 cm³/mol. The molecule has 0 bridgehead atoms. The number of nitrogens with two attached hydrogens (primary N) is 1. The molecule has 4 nitrogen and oxygen atoms in total. The number of carbonyl (C=O) groups is 1. The second kappa shape index (κ2) is 7.10. The van der Waals surface area contributed by atoms with Crippen LogP contribution in [0.2, 0.25) is 0 Å². The Hall–Kier alpha value is -0.610. The van der Waals surface area contributed by atoms with Gasteiger partial charge in [-0.3, -0.25) is 10.2 Å². The average Bonchev–Trinajstić information content (AvgIpc) is 2.14.